The minimum atomic E-state index is 0.0284. The molecule has 0 bridgehead atoms. The normalized spacial score (nSPS) is 16.3. The molecule has 0 spiro atoms. The van der Waals surface area contributed by atoms with E-state index in [0.717, 1.165) is 42.6 Å². The minimum Gasteiger partial charge on any atom is -0.273 e. The lowest BCUT2D eigenvalue weighted by atomic mass is 9.89. The number of aromatic nitrogens is 4. The molecule has 1 heterocycles. The average molecular weight is 312 g/mol. The van der Waals surface area contributed by atoms with Gasteiger partial charge in [0.25, 0.3) is 0 Å². The molecule has 1 amide bonds. The Kier molecular flexibility index (Phi) is 4.75. The first-order chi connectivity index (χ1) is 11.2. The van der Waals surface area contributed by atoms with E-state index in [1.807, 2.05) is 31.2 Å². The largest absolute Gasteiger partial charge is 0.273 e. The summed E-state index contributed by atoms with van der Waals surface area (Å²) in [4.78, 5) is 12.1. The van der Waals surface area contributed by atoms with Crippen LogP contribution in [-0.2, 0) is 4.79 Å². The van der Waals surface area contributed by atoms with Crippen LogP contribution in [0.1, 0.15) is 44.6 Å². The van der Waals surface area contributed by atoms with Crippen LogP contribution in [0.4, 0.5) is 0 Å². The number of amides is 1. The molecular formula is C16H20N6O. The molecule has 0 unspecified atom stereocenters. The molecule has 0 radical (unpaired) electrons. The van der Waals surface area contributed by atoms with Crippen LogP contribution >= 0.6 is 0 Å². The number of carbonyl (C=O) groups is 1. The highest BCUT2D eigenvalue weighted by atomic mass is 16.2. The van der Waals surface area contributed by atoms with Gasteiger partial charge in [0.1, 0.15) is 6.33 Å². The van der Waals surface area contributed by atoms with Crippen LogP contribution in [0, 0.1) is 5.92 Å². The molecular weight excluding hydrogens is 292 g/mol. The Morgan fingerprint density at radius 3 is 2.87 bits per heavy atom. The summed E-state index contributed by atoms with van der Waals surface area (Å²) in [5.74, 6) is 0.133. The lowest BCUT2D eigenvalue weighted by molar-refractivity contribution is -0.125. The molecule has 1 aromatic carbocycles. The van der Waals surface area contributed by atoms with Crippen molar-refractivity contribution in [3.05, 3.63) is 36.2 Å². The van der Waals surface area contributed by atoms with E-state index in [0.29, 0.717) is 0 Å². The maximum absolute atomic E-state index is 12.1. The molecule has 7 nitrogen and oxygen atoms in total. The first-order valence-corrected chi connectivity index (χ1v) is 7.92. The topological polar surface area (TPSA) is 85.1 Å². The minimum absolute atomic E-state index is 0.0284. The van der Waals surface area contributed by atoms with Gasteiger partial charge in [0, 0.05) is 5.92 Å². The van der Waals surface area contributed by atoms with Gasteiger partial charge in [-0.3, -0.25) is 4.79 Å². The third kappa shape index (κ3) is 3.80. The van der Waals surface area contributed by atoms with Gasteiger partial charge in [0.05, 0.1) is 11.4 Å². The standard InChI is InChI=1S/C16H20N6O/c1-12(18-19-16(23)13-6-3-2-4-7-13)14-8-5-9-15(10-14)22-11-17-20-21-22/h5,8-11,13H,2-4,6-7H2,1H3,(H,19,23)/b18-12-. The maximum Gasteiger partial charge on any atom is 0.243 e. The fourth-order valence-electron chi connectivity index (χ4n) is 2.81. The van der Waals surface area contributed by atoms with Crippen molar-refractivity contribution in [2.75, 3.05) is 0 Å². The molecule has 0 atom stereocenters. The molecule has 2 aromatic rings. The predicted molar refractivity (Wildman–Crippen MR) is 86.1 cm³/mol. The van der Waals surface area contributed by atoms with E-state index < -0.39 is 0 Å². The summed E-state index contributed by atoms with van der Waals surface area (Å²) < 4.78 is 1.58. The van der Waals surface area contributed by atoms with E-state index in [1.54, 1.807) is 4.68 Å². The molecule has 1 aliphatic rings. The van der Waals surface area contributed by atoms with Crippen molar-refractivity contribution in [2.24, 2.45) is 11.0 Å². The zero-order chi connectivity index (χ0) is 16.1. The van der Waals surface area contributed by atoms with Gasteiger partial charge in [-0.25, -0.2) is 10.1 Å². The summed E-state index contributed by atoms with van der Waals surface area (Å²) in [6, 6.07) is 7.70. The Bertz CT molecular complexity index is 688. The molecule has 1 N–H and O–H groups in total. The number of nitrogens with one attached hydrogen (secondary N) is 1. The van der Waals surface area contributed by atoms with Gasteiger partial charge in [-0.1, -0.05) is 31.4 Å². The zero-order valence-electron chi connectivity index (χ0n) is 13.1. The number of nitrogens with zero attached hydrogens (tertiary/aromatic N) is 5. The van der Waals surface area contributed by atoms with Gasteiger partial charge < -0.3 is 0 Å². The van der Waals surface area contributed by atoms with Crippen molar-refractivity contribution >= 4 is 11.6 Å². The Morgan fingerprint density at radius 2 is 2.13 bits per heavy atom. The first kappa shape index (κ1) is 15.3. The highest BCUT2D eigenvalue weighted by molar-refractivity contribution is 5.99. The van der Waals surface area contributed by atoms with E-state index in [-0.39, 0.29) is 11.8 Å². The van der Waals surface area contributed by atoms with Crippen molar-refractivity contribution in [1.29, 1.82) is 0 Å². The Balaban J connectivity index is 1.68. The fraction of sp³-hybridized carbons (Fsp3) is 0.438. The molecule has 23 heavy (non-hydrogen) atoms. The van der Waals surface area contributed by atoms with Crippen molar-refractivity contribution in [3.8, 4) is 5.69 Å². The van der Waals surface area contributed by atoms with E-state index in [9.17, 15) is 4.79 Å². The molecule has 1 fully saturated rings. The summed E-state index contributed by atoms with van der Waals surface area (Å²) in [6.45, 7) is 1.87. The highest BCUT2D eigenvalue weighted by Gasteiger charge is 2.20. The van der Waals surface area contributed by atoms with E-state index >= 15 is 0 Å². The summed E-state index contributed by atoms with van der Waals surface area (Å²) in [5, 5.41) is 15.4. The predicted octanol–water partition coefficient (Wildman–Crippen LogP) is 2.08. The quantitative estimate of drug-likeness (QED) is 0.692. The van der Waals surface area contributed by atoms with Crippen molar-refractivity contribution in [3.63, 3.8) is 0 Å². The van der Waals surface area contributed by atoms with E-state index in [4.69, 9.17) is 0 Å². The number of rotatable bonds is 4. The third-order valence-corrected chi connectivity index (χ3v) is 4.19. The van der Waals surface area contributed by atoms with Crippen LogP contribution in [0.15, 0.2) is 35.7 Å². The van der Waals surface area contributed by atoms with Crippen LogP contribution < -0.4 is 5.43 Å². The van der Waals surface area contributed by atoms with Gasteiger partial charge in [0.2, 0.25) is 5.91 Å². The first-order valence-electron chi connectivity index (χ1n) is 7.92. The van der Waals surface area contributed by atoms with Crippen LogP contribution in [-0.4, -0.2) is 31.8 Å². The molecule has 7 heteroatoms. The fourth-order valence-corrected chi connectivity index (χ4v) is 2.81. The number of carbonyl (C=O) groups excluding carboxylic acids is 1. The number of hydrogen-bond donors (Lipinski definition) is 1. The van der Waals surface area contributed by atoms with Crippen LogP contribution in [0.2, 0.25) is 0 Å². The van der Waals surface area contributed by atoms with Crippen LogP contribution in [0.25, 0.3) is 5.69 Å². The average Bonchev–Trinajstić information content (AvgIpc) is 3.15. The molecule has 0 saturated heterocycles. The van der Waals surface area contributed by atoms with Gasteiger partial charge in [-0.2, -0.15) is 5.10 Å². The second kappa shape index (κ2) is 7.13. The number of hydrogen-bond acceptors (Lipinski definition) is 5. The zero-order valence-corrected chi connectivity index (χ0v) is 13.1. The van der Waals surface area contributed by atoms with Crippen molar-refractivity contribution in [2.45, 2.75) is 39.0 Å². The Hall–Kier alpha value is -2.57. The molecule has 1 aromatic heterocycles. The smallest absolute Gasteiger partial charge is 0.243 e. The van der Waals surface area contributed by atoms with E-state index in [2.05, 4.69) is 26.1 Å². The lowest BCUT2D eigenvalue weighted by Gasteiger charge is -2.19. The third-order valence-electron chi connectivity index (χ3n) is 4.19. The monoisotopic (exact) mass is 312 g/mol. The number of benzene rings is 1. The summed E-state index contributed by atoms with van der Waals surface area (Å²) >= 11 is 0. The van der Waals surface area contributed by atoms with Crippen LogP contribution in [0.3, 0.4) is 0 Å². The molecule has 120 valence electrons. The van der Waals surface area contributed by atoms with Crippen molar-refractivity contribution in [1.82, 2.24) is 25.6 Å². The summed E-state index contributed by atoms with van der Waals surface area (Å²) in [5.41, 5.74) is 5.23. The molecule has 1 saturated carbocycles. The number of tetrazole rings is 1. The second-order valence-electron chi connectivity index (χ2n) is 5.81. The highest BCUT2D eigenvalue weighted by Crippen LogP contribution is 2.23. The van der Waals surface area contributed by atoms with Crippen LogP contribution in [0.5, 0.6) is 0 Å². The lowest BCUT2D eigenvalue weighted by Crippen LogP contribution is -2.29. The SMILES string of the molecule is C/C(=N/NC(=O)C1CCCCC1)c1cccc(-n2cnnn2)c1. The van der Waals surface area contributed by atoms with Gasteiger partial charge in [-0.05, 0) is 47.9 Å². The van der Waals surface area contributed by atoms with Gasteiger partial charge in [0.15, 0.2) is 0 Å². The Labute approximate surface area is 134 Å². The Morgan fingerprint density at radius 1 is 1.30 bits per heavy atom. The van der Waals surface area contributed by atoms with E-state index in [1.165, 1.54) is 12.7 Å². The molecule has 0 aliphatic heterocycles. The van der Waals surface area contributed by atoms with Gasteiger partial charge in [-0.15, -0.1) is 5.10 Å². The van der Waals surface area contributed by atoms with Gasteiger partial charge >= 0.3 is 0 Å². The summed E-state index contributed by atoms with van der Waals surface area (Å²) in [7, 11) is 0. The summed E-state index contributed by atoms with van der Waals surface area (Å²) in [6.07, 6.45) is 6.97. The maximum atomic E-state index is 12.1. The molecule has 1 aliphatic carbocycles. The van der Waals surface area contributed by atoms with Crippen molar-refractivity contribution < 1.29 is 4.79 Å². The molecule has 3 rings (SSSR count). The second-order valence-corrected chi connectivity index (χ2v) is 5.81. The number of hydrazone groups is 1.